The van der Waals surface area contributed by atoms with Gasteiger partial charge in [0.2, 0.25) is 5.91 Å². The minimum absolute atomic E-state index is 0.0532. The summed E-state index contributed by atoms with van der Waals surface area (Å²) in [5.74, 6) is 0.0532. The van der Waals surface area contributed by atoms with E-state index in [1.165, 1.54) is 28.8 Å². The van der Waals surface area contributed by atoms with Crippen molar-refractivity contribution in [2.45, 2.75) is 44.8 Å². The fraction of sp³-hybridized carbons (Fsp3) is 0.476. The van der Waals surface area contributed by atoms with Crippen molar-refractivity contribution < 1.29 is 9.53 Å². The first-order valence-electron chi connectivity index (χ1n) is 9.54. The summed E-state index contributed by atoms with van der Waals surface area (Å²) in [5.41, 5.74) is 3.74. The van der Waals surface area contributed by atoms with Crippen molar-refractivity contribution in [2.24, 2.45) is 0 Å². The lowest BCUT2D eigenvalue weighted by Gasteiger charge is -2.24. The first-order chi connectivity index (χ1) is 12.8. The second-order valence-electron chi connectivity index (χ2n) is 7.27. The summed E-state index contributed by atoms with van der Waals surface area (Å²) in [6.45, 7) is 2.86. The Bertz CT molecular complexity index is 738. The van der Waals surface area contributed by atoms with E-state index in [9.17, 15) is 4.79 Å². The number of amides is 1. The lowest BCUT2D eigenvalue weighted by atomic mass is 10.1. The highest BCUT2D eigenvalue weighted by Gasteiger charge is 2.21. The fourth-order valence-corrected chi connectivity index (χ4v) is 4.68. The smallest absolute Gasteiger partial charge is 0.238 e. The predicted molar refractivity (Wildman–Crippen MR) is 106 cm³/mol. The molecule has 138 valence electrons. The molecule has 0 bridgehead atoms. The van der Waals surface area contributed by atoms with Crippen LogP contribution in [0.4, 0.5) is 5.69 Å². The molecule has 1 atom stereocenters. The van der Waals surface area contributed by atoms with E-state index < -0.39 is 0 Å². The maximum atomic E-state index is 12.6. The van der Waals surface area contributed by atoms with Crippen molar-refractivity contribution in [3.05, 3.63) is 51.7 Å². The molecule has 4 nitrogen and oxygen atoms in total. The van der Waals surface area contributed by atoms with Crippen molar-refractivity contribution in [3.63, 3.8) is 0 Å². The SMILES string of the molecule is O=C(CN(Cc1cccs1)C[C@@H]1CCCO1)Nc1ccc2c(c1)CCC2. The van der Waals surface area contributed by atoms with Crippen molar-refractivity contribution >= 4 is 22.9 Å². The normalized spacial score (nSPS) is 19.0. The maximum Gasteiger partial charge on any atom is 0.238 e. The third-order valence-electron chi connectivity index (χ3n) is 5.19. The number of thiophene rings is 1. The Labute approximate surface area is 159 Å². The van der Waals surface area contributed by atoms with Crippen LogP contribution in [0.3, 0.4) is 0 Å². The molecule has 2 heterocycles. The van der Waals surface area contributed by atoms with Crippen LogP contribution >= 0.6 is 11.3 Å². The highest BCUT2D eigenvalue weighted by Crippen LogP contribution is 2.25. The molecule has 0 radical (unpaired) electrons. The highest BCUT2D eigenvalue weighted by molar-refractivity contribution is 7.09. The molecule has 1 fully saturated rings. The molecule has 0 saturated carbocycles. The van der Waals surface area contributed by atoms with Gasteiger partial charge >= 0.3 is 0 Å². The number of ether oxygens (including phenoxy) is 1. The van der Waals surface area contributed by atoms with Gasteiger partial charge in [-0.15, -0.1) is 11.3 Å². The summed E-state index contributed by atoms with van der Waals surface area (Å²) in [4.78, 5) is 16.1. The van der Waals surface area contributed by atoms with E-state index in [-0.39, 0.29) is 12.0 Å². The number of rotatable bonds is 7. The van der Waals surface area contributed by atoms with Gasteiger partial charge in [0.15, 0.2) is 0 Å². The Balaban J connectivity index is 1.38. The minimum Gasteiger partial charge on any atom is -0.377 e. The van der Waals surface area contributed by atoms with Gasteiger partial charge in [-0.05, 0) is 66.8 Å². The average molecular weight is 371 g/mol. The van der Waals surface area contributed by atoms with Crippen LogP contribution in [-0.2, 0) is 28.9 Å². The van der Waals surface area contributed by atoms with Crippen molar-refractivity contribution in [2.75, 3.05) is 25.0 Å². The third-order valence-corrected chi connectivity index (χ3v) is 6.06. The number of anilines is 1. The molecule has 1 saturated heterocycles. The molecule has 0 spiro atoms. The van der Waals surface area contributed by atoms with Crippen LogP contribution in [0, 0.1) is 0 Å². The summed E-state index contributed by atoms with van der Waals surface area (Å²) in [7, 11) is 0. The number of fused-ring (bicyclic) bond motifs is 1. The Kier molecular flexibility index (Phi) is 5.68. The van der Waals surface area contributed by atoms with Gasteiger partial charge in [-0.3, -0.25) is 9.69 Å². The van der Waals surface area contributed by atoms with Crippen LogP contribution in [0.2, 0.25) is 0 Å². The van der Waals surface area contributed by atoms with Crippen molar-refractivity contribution in [1.82, 2.24) is 4.90 Å². The average Bonchev–Trinajstić information content (AvgIpc) is 3.36. The first-order valence-corrected chi connectivity index (χ1v) is 10.4. The minimum atomic E-state index is 0.0532. The van der Waals surface area contributed by atoms with Gasteiger partial charge < -0.3 is 10.1 Å². The van der Waals surface area contributed by atoms with Crippen LogP contribution in [0.15, 0.2) is 35.7 Å². The Morgan fingerprint density at radius 3 is 2.96 bits per heavy atom. The summed E-state index contributed by atoms with van der Waals surface area (Å²) >= 11 is 1.74. The van der Waals surface area contributed by atoms with E-state index >= 15 is 0 Å². The lowest BCUT2D eigenvalue weighted by Crippen LogP contribution is -2.37. The molecular weight excluding hydrogens is 344 g/mol. The standard InChI is InChI=1S/C21H26N2O2S/c24-21(22-18-9-8-16-4-1-5-17(16)12-18)15-23(13-19-6-2-10-25-19)14-20-7-3-11-26-20/h3,7-9,11-12,19H,1-2,4-6,10,13-15H2,(H,22,24)/t19-/m0/s1. The quantitative estimate of drug-likeness (QED) is 0.805. The molecule has 1 aromatic heterocycles. The molecule has 4 rings (SSSR count). The molecule has 1 aliphatic carbocycles. The molecular formula is C21H26N2O2S. The third kappa shape index (κ3) is 4.53. The molecule has 1 aliphatic heterocycles. The number of carbonyl (C=O) groups is 1. The molecule has 1 amide bonds. The Hall–Kier alpha value is -1.69. The van der Waals surface area contributed by atoms with Gasteiger partial charge in [-0.25, -0.2) is 0 Å². The summed E-state index contributed by atoms with van der Waals surface area (Å²) in [6.07, 6.45) is 5.99. The van der Waals surface area contributed by atoms with E-state index in [0.29, 0.717) is 6.54 Å². The monoisotopic (exact) mass is 370 g/mol. The van der Waals surface area contributed by atoms with Crippen LogP contribution < -0.4 is 5.32 Å². The topological polar surface area (TPSA) is 41.6 Å². The zero-order chi connectivity index (χ0) is 17.8. The first kappa shape index (κ1) is 17.7. The van der Waals surface area contributed by atoms with Gasteiger partial charge in [0.1, 0.15) is 0 Å². The second-order valence-corrected chi connectivity index (χ2v) is 8.30. The predicted octanol–water partition coefficient (Wildman–Crippen LogP) is 3.86. The molecule has 1 N–H and O–H groups in total. The molecule has 2 aliphatic rings. The Morgan fingerprint density at radius 2 is 2.15 bits per heavy atom. The van der Waals surface area contributed by atoms with Gasteiger partial charge in [-0.1, -0.05) is 12.1 Å². The van der Waals surface area contributed by atoms with Crippen LogP contribution in [-0.4, -0.2) is 36.6 Å². The van der Waals surface area contributed by atoms with Gasteiger partial charge in [0.25, 0.3) is 0 Å². The van der Waals surface area contributed by atoms with Crippen LogP contribution in [0.1, 0.15) is 35.3 Å². The largest absolute Gasteiger partial charge is 0.377 e. The number of aryl methyl sites for hydroxylation is 2. The van der Waals surface area contributed by atoms with Crippen LogP contribution in [0.25, 0.3) is 0 Å². The van der Waals surface area contributed by atoms with E-state index in [4.69, 9.17) is 4.74 Å². The van der Waals surface area contributed by atoms with E-state index in [2.05, 4.69) is 39.9 Å². The van der Waals surface area contributed by atoms with Crippen molar-refractivity contribution in [1.29, 1.82) is 0 Å². The molecule has 5 heteroatoms. The fourth-order valence-electron chi connectivity index (χ4n) is 3.94. The Morgan fingerprint density at radius 1 is 1.23 bits per heavy atom. The zero-order valence-electron chi connectivity index (χ0n) is 15.1. The summed E-state index contributed by atoms with van der Waals surface area (Å²) in [6, 6.07) is 10.5. The lowest BCUT2D eigenvalue weighted by molar-refractivity contribution is -0.117. The zero-order valence-corrected chi connectivity index (χ0v) is 15.9. The van der Waals surface area contributed by atoms with E-state index in [0.717, 1.165) is 44.6 Å². The van der Waals surface area contributed by atoms with E-state index in [1.807, 2.05) is 6.07 Å². The molecule has 0 unspecified atom stereocenters. The van der Waals surface area contributed by atoms with Gasteiger partial charge in [-0.2, -0.15) is 0 Å². The molecule has 1 aromatic carbocycles. The summed E-state index contributed by atoms with van der Waals surface area (Å²) in [5, 5.41) is 5.18. The maximum absolute atomic E-state index is 12.6. The van der Waals surface area contributed by atoms with Crippen molar-refractivity contribution in [3.8, 4) is 0 Å². The molecule has 26 heavy (non-hydrogen) atoms. The second kappa shape index (κ2) is 8.33. The summed E-state index contributed by atoms with van der Waals surface area (Å²) < 4.78 is 5.78. The number of carbonyl (C=O) groups excluding carboxylic acids is 1. The van der Waals surface area contributed by atoms with E-state index in [1.54, 1.807) is 11.3 Å². The number of nitrogens with one attached hydrogen (secondary N) is 1. The highest BCUT2D eigenvalue weighted by atomic mass is 32.1. The van der Waals surface area contributed by atoms with Gasteiger partial charge in [0.05, 0.1) is 12.6 Å². The number of hydrogen-bond donors (Lipinski definition) is 1. The number of hydrogen-bond acceptors (Lipinski definition) is 4. The number of benzene rings is 1. The van der Waals surface area contributed by atoms with Gasteiger partial charge in [0, 0.05) is 30.3 Å². The number of nitrogens with zero attached hydrogens (tertiary/aromatic N) is 1. The molecule has 2 aromatic rings. The van der Waals surface area contributed by atoms with Crippen LogP contribution in [0.5, 0.6) is 0 Å².